The maximum atomic E-state index is 12.0. The van der Waals surface area contributed by atoms with Crippen molar-refractivity contribution < 1.29 is 14.7 Å². The zero-order valence-corrected chi connectivity index (χ0v) is 10.6. The van der Waals surface area contributed by atoms with Gasteiger partial charge in [0.25, 0.3) is 0 Å². The van der Waals surface area contributed by atoms with Crippen molar-refractivity contribution >= 4 is 12.1 Å². The first-order valence-electron chi connectivity index (χ1n) is 6.50. The van der Waals surface area contributed by atoms with Gasteiger partial charge in [0.2, 0.25) is 0 Å². The molecule has 1 N–H and O–H groups in total. The Morgan fingerprint density at radius 2 is 2.17 bits per heavy atom. The summed E-state index contributed by atoms with van der Waals surface area (Å²) in [5.41, 5.74) is 1.69. The fourth-order valence-corrected chi connectivity index (χ4v) is 2.70. The van der Waals surface area contributed by atoms with Crippen molar-refractivity contribution in [2.24, 2.45) is 5.92 Å². The van der Waals surface area contributed by atoms with Crippen LogP contribution in [0.15, 0.2) is 12.1 Å². The van der Waals surface area contributed by atoms with Gasteiger partial charge in [-0.3, -0.25) is 9.59 Å². The molecule has 1 unspecified atom stereocenters. The first kappa shape index (κ1) is 12.8. The summed E-state index contributed by atoms with van der Waals surface area (Å²) in [6.45, 7) is 2.13. The van der Waals surface area contributed by atoms with Gasteiger partial charge < -0.3 is 5.11 Å². The lowest BCUT2D eigenvalue weighted by atomic mass is 9.80. The van der Waals surface area contributed by atoms with Crippen LogP contribution in [0.25, 0.3) is 0 Å². The number of ketones is 1. The molecule has 0 amide bonds. The van der Waals surface area contributed by atoms with Gasteiger partial charge in [-0.1, -0.05) is 19.8 Å². The molecule has 0 spiro atoms. The number of aromatic hydroxyl groups is 1. The topological polar surface area (TPSA) is 54.4 Å². The number of Topliss-reactive ketones (excluding diaryl/α,β-unsaturated/α-hetero) is 1. The van der Waals surface area contributed by atoms with Crippen molar-refractivity contribution in [3.05, 3.63) is 28.8 Å². The Bertz CT molecular complexity index is 477. The van der Waals surface area contributed by atoms with Gasteiger partial charge in [0, 0.05) is 12.0 Å². The fourth-order valence-electron chi connectivity index (χ4n) is 2.70. The zero-order valence-electron chi connectivity index (χ0n) is 10.6. The highest BCUT2D eigenvalue weighted by atomic mass is 16.3. The van der Waals surface area contributed by atoms with E-state index in [4.69, 9.17) is 0 Å². The molecule has 0 fully saturated rings. The SMILES string of the molecule is CCCCC1CC(=O)c2c(O)cc(C=O)cc2C1. The highest BCUT2D eigenvalue weighted by Crippen LogP contribution is 2.34. The number of aldehydes is 1. The lowest BCUT2D eigenvalue weighted by Crippen LogP contribution is -2.20. The predicted molar refractivity (Wildman–Crippen MR) is 69.2 cm³/mol. The van der Waals surface area contributed by atoms with Crippen LogP contribution in [-0.4, -0.2) is 17.2 Å². The van der Waals surface area contributed by atoms with Crippen LogP contribution in [0.5, 0.6) is 5.75 Å². The van der Waals surface area contributed by atoms with Gasteiger partial charge >= 0.3 is 0 Å². The van der Waals surface area contributed by atoms with Crippen molar-refractivity contribution in [1.29, 1.82) is 0 Å². The van der Waals surface area contributed by atoms with E-state index in [1.165, 1.54) is 6.07 Å². The molecular formula is C15H18O3. The van der Waals surface area contributed by atoms with E-state index in [9.17, 15) is 14.7 Å². The number of benzene rings is 1. The van der Waals surface area contributed by atoms with Crippen LogP contribution in [0.3, 0.4) is 0 Å². The van der Waals surface area contributed by atoms with E-state index < -0.39 is 0 Å². The predicted octanol–water partition coefficient (Wildman–Crippen LogP) is 3.14. The highest BCUT2D eigenvalue weighted by Gasteiger charge is 2.27. The summed E-state index contributed by atoms with van der Waals surface area (Å²) in [6.07, 6.45) is 5.29. The van der Waals surface area contributed by atoms with Crippen LogP contribution in [-0.2, 0) is 6.42 Å². The fraction of sp³-hybridized carbons (Fsp3) is 0.467. The molecule has 1 aromatic rings. The summed E-state index contributed by atoms with van der Waals surface area (Å²) in [7, 11) is 0. The molecule has 1 aliphatic rings. The molecule has 0 heterocycles. The second-order valence-corrected chi connectivity index (χ2v) is 5.03. The summed E-state index contributed by atoms with van der Waals surface area (Å²) in [4.78, 5) is 22.8. The molecule has 0 radical (unpaired) electrons. The van der Waals surface area contributed by atoms with Crippen molar-refractivity contribution in [3.8, 4) is 5.75 Å². The monoisotopic (exact) mass is 246 g/mol. The first-order valence-corrected chi connectivity index (χ1v) is 6.50. The van der Waals surface area contributed by atoms with Gasteiger partial charge in [0.1, 0.15) is 12.0 Å². The molecule has 96 valence electrons. The number of carbonyl (C=O) groups excluding carboxylic acids is 2. The average Bonchev–Trinajstić information content (AvgIpc) is 2.35. The summed E-state index contributed by atoms with van der Waals surface area (Å²) >= 11 is 0. The standard InChI is InChI=1S/C15H18O3/c1-2-3-4-10-5-12-6-11(9-16)8-14(18)15(12)13(17)7-10/h6,8-10,18H,2-5,7H2,1H3. The molecule has 18 heavy (non-hydrogen) atoms. The van der Waals surface area contributed by atoms with Crippen LogP contribution in [0.4, 0.5) is 0 Å². The van der Waals surface area contributed by atoms with Gasteiger partial charge in [-0.05, 0) is 36.5 Å². The van der Waals surface area contributed by atoms with Crippen LogP contribution >= 0.6 is 0 Å². The normalized spacial score (nSPS) is 18.5. The van der Waals surface area contributed by atoms with Crippen molar-refractivity contribution in [2.75, 3.05) is 0 Å². The number of phenols is 1. The third kappa shape index (κ3) is 2.45. The third-order valence-corrected chi connectivity index (χ3v) is 3.59. The van der Waals surface area contributed by atoms with Crippen molar-refractivity contribution in [3.63, 3.8) is 0 Å². The van der Waals surface area contributed by atoms with Gasteiger partial charge in [-0.2, -0.15) is 0 Å². The zero-order chi connectivity index (χ0) is 13.1. The lowest BCUT2D eigenvalue weighted by Gasteiger charge is -2.24. The largest absolute Gasteiger partial charge is 0.507 e. The molecule has 1 atom stereocenters. The smallest absolute Gasteiger partial charge is 0.167 e. The second-order valence-electron chi connectivity index (χ2n) is 5.03. The maximum Gasteiger partial charge on any atom is 0.167 e. The molecule has 1 aliphatic carbocycles. The number of hydrogen-bond acceptors (Lipinski definition) is 3. The molecule has 3 heteroatoms. The molecule has 0 saturated carbocycles. The minimum absolute atomic E-state index is 0.00676. The Balaban J connectivity index is 2.30. The van der Waals surface area contributed by atoms with Gasteiger partial charge in [0.05, 0.1) is 5.56 Å². The van der Waals surface area contributed by atoms with Gasteiger partial charge in [-0.15, -0.1) is 0 Å². The minimum Gasteiger partial charge on any atom is -0.507 e. The van der Waals surface area contributed by atoms with Crippen LogP contribution < -0.4 is 0 Å². The van der Waals surface area contributed by atoms with E-state index in [1.807, 2.05) is 0 Å². The Labute approximate surface area is 107 Å². The van der Waals surface area contributed by atoms with Crippen molar-refractivity contribution in [2.45, 2.75) is 39.0 Å². The Hall–Kier alpha value is -1.64. The Morgan fingerprint density at radius 3 is 2.83 bits per heavy atom. The van der Waals surface area contributed by atoms with Crippen molar-refractivity contribution in [1.82, 2.24) is 0 Å². The summed E-state index contributed by atoms with van der Waals surface area (Å²) in [6, 6.07) is 3.11. The Morgan fingerprint density at radius 1 is 1.39 bits per heavy atom. The number of carbonyl (C=O) groups is 2. The molecule has 2 rings (SSSR count). The number of rotatable bonds is 4. The lowest BCUT2D eigenvalue weighted by molar-refractivity contribution is 0.0941. The first-order chi connectivity index (χ1) is 8.65. The van der Waals surface area contributed by atoms with E-state index in [0.717, 1.165) is 31.2 Å². The van der Waals surface area contributed by atoms with Crippen LogP contribution in [0.2, 0.25) is 0 Å². The quantitative estimate of drug-likeness (QED) is 0.830. The van der Waals surface area contributed by atoms with Gasteiger partial charge in [0.15, 0.2) is 5.78 Å². The summed E-state index contributed by atoms with van der Waals surface area (Å²) < 4.78 is 0. The second kappa shape index (κ2) is 5.34. The summed E-state index contributed by atoms with van der Waals surface area (Å²) in [5.74, 6) is 0.312. The third-order valence-electron chi connectivity index (χ3n) is 3.59. The molecule has 0 saturated heterocycles. The maximum absolute atomic E-state index is 12.0. The number of hydrogen-bond donors (Lipinski definition) is 1. The van der Waals surface area contributed by atoms with Crippen LogP contribution in [0.1, 0.15) is 58.9 Å². The molecule has 0 aromatic heterocycles. The highest BCUT2D eigenvalue weighted by molar-refractivity contribution is 6.02. The van der Waals surface area contributed by atoms with Gasteiger partial charge in [-0.25, -0.2) is 0 Å². The minimum atomic E-state index is -0.0476. The van der Waals surface area contributed by atoms with E-state index in [-0.39, 0.29) is 11.5 Å². The van der Waals surface area contributed by atoms with E-state index in [0.29, 0.717) is 29.8 Å². The number of phenolic OH excluding ortho intramolecular Hbond substituents is 1. The van der Waals surface area contributed by atoms with E-state index in [1.54, 1.807) is 6.07 Å². The Kier molecular flexibility index (Phi) is 3.80. The number of unbranched alkanes of at least 4 members (excludes halogenated alkanes) is 1. The average molecular weight is 246 g/mol. The molecule has 1 aromatic carbocycles. The van der Waals surface area contributed by atoms with E-state index >= 15 is 0 Å². The number of fused-ring (bicyclic) bond motifs is 1. The van der Waals surface area contributed by atoms with Crippen LogP contribution in [0, 0.1) is 5.92 Å². The molecule has 0 aliphatic heterocycles. The molecule has 3 nitrogen and oxygen atoms in total. The van der Waals surface area contributed by atoms with E-state index in [2.05, 4.69) is 6.92 Å². The molecule has 0 bridgehead atoms. The molecular weight excluding hydrogens is 228 g/mol. The summed E-state index contributed by atoms with van der Waals surface area (Å²) in [5, 5.41) is 9.82.